The van der Waals surface area contributed by atoms with Crippen LogP contribution in [0.4, 0.5) is 5.69 Å². The topological polar surface area (TPSA) is 89.4 Å². The van der Waals surface area contributed by atoms with Crippen molar-refractivity contribution in [2.24, 2.45) is 5.73 Å². The summed E-state index contributed by atoms with van der Waals surface area (Å²) in [6, 6.07) is 4.59. The van der Waals surface area contributed by atoms with E-state index in [1.54, 1.807) is 19.1 Å². The summed E-state index contributed by atoms with van der Waals surface area (Å²) in [6.45, 7) is 2.04. The Morgan fingerprint density at radius 2 is 2.27 bits per heavy atom. The summed E-state index contributed by atoms with van der Waals surface area (Å²) >= 11 is 0. The monoisotopic (exact) mass is 210 g/mol. The molecule has 5 heteroatoms. The van der Waals surface area contributed by atoms with E-state index in [1.165, 1.54) is 6.07 Å². The highest BCUT2D eigenvalue weighted by Gasteiger charge is 2.13. The molecule has 3 N–H and O–H groups in total. The smallest absolute Gasteiger partial charge is 0.272 e. The molecule has 1 aromatic carbocycles. The average Bonchev–Trinajstić information content (AvgIpc) is 2.17. The Morgan fingerprint density at radius 3 is 2.73 bits per heavy atom. The Hall–Kier alpha value is -1.46. The summed E-state index contributed by atoms with van der Waals surface area (Å²) in [7, 11) is 0. The molecule has 0 aromatic heterocycles. The lowest BCUT2D eigenvalue weighted by Gasteiger charge is -2.10. The Balaban J connectivity index is 2.96. The number of aliphatic hydroxyl groups is 1. The molecule has 15 heavy (non-hydrogen) atoms. The van der Waals surface area contributed by atoms with E-state index < -0.39 is 11.0 Å². The van der Waals surface area contributed by atoms with E-state index in [0.717, 1.165) is 0 Å². The minimum absolute atomic E-state index is 0.0682. The molecule has 1 atom stereocenters. The zero-order chi connectivity index (χ0) is 11.4. The summed E-state index contributed by atoms with van der Waals surface area (Å²) in [5.74, 6) is 0. The summed E-state index contributed by atoms with van der Waals surface area (Å²) < 4.78 is 0. The van der Waals surface area contributed by atoms with Crippen molar-refractivity contribution in [1.82, 2.24) is 0 Å². The molecule has 1 aromatic rings. The van der Waals surface area contributed by atoms with Gasteiger partial charge >= 0.3 is 0 Å². The maximum atomic E-state index is 10.6. The van der Waals surface area contributed by atoms with Gasteiger partial charge in [0.05, 0.1) is 11.0 Å². The fourth-order valence-corrected chi connectivity index (χ4v) is 1.42. The van der Waals surface area contributed by atoms with Gasteiger partial charge in [-0.05, 0) is 37.6 Å². The number of aryl methyl sites for hydroxylation is 1. The molecule has 0 fully saturated rings. The molecule has 0 aliphatic rings. The lowest BCUT2D eigenvalue weighted by Crippen LogP contribution is -2.07. The number of aliphatic hydroxyl groups excluding tert-OH is 1. The van der Waals surface area contributed by atoms with Gasteiger partial charge in [0, 0.05) is 11.6 Å². The highest BCUT2D eigenvalue weighted by molar-refractivity contribution is 5.42. The molecule has 0 saturated heterocycles. The second-order valence-corrected chi connectivity index (χ2v) is 3.40. The predicted molar refractivity (Wildman–Crippen MR) is 56.5 cm³/mol. The van der Waals surface area contributed by atoms with E-state index in [4.69, 9.17) is 5.73 Å². The van der Waals surface area contributed by atoms with Crippen LogP contribution in [-0.4, -0.2) is 16.6 Å². The van der Waals surface area contributed by atoms with Crippen LogP contribution >= 0.6 is 0 Å². The van der Waals surface area contributed by atoms with Crippen LogP contribution < -0.4 is 5.73 Å². The van der Waals surface area contributed by atoms with Gasteiger partial charge in [-0.3, -0.25) is 10.1 Å². The third-order valence-corrected chi connectivity index (χ3v) is 2.24. The first-order chi connectivity index (χ1) is 7.06. The van der Waals surface area contributed by atoms with E-state index in [-0.39, 0.29) is 5.69 Å². The first-order valence-corrected chi connectivity index (χ1v) is 4.69. The first-order valence-electron chi connectivity index (χ1n) is 4.69. The largest absolute Gasteiger partial charge is 0.388 e. The predicted octanol–water partition coefficient (Wildman–Crippen LogP) is 1.29. The van der Waals surface area contributed by atoms with Gasteiger partial charge in [-0.15, -0.1) is 0 Å². The first kappa shape index (κ1) is 11.6. The molecular weight excluding hydrogens is 196 g/mol. The minimum atomic E-state index is -0.644. The molecule has 0 bridgehead atoms. The van der Waals surface area contributed by atoms with E-state index in [2.05, 4.69) is 0 Å². The molecule has 1 rings (SSSR count). The maximum Gasteiger partial charge on any atom is 0.272 e. The van der Waals surface area contributed by atoms with Gasteiger partial charge in [-0.25, -0.2) is 0 Å². The molecule has 0 spiro atoms. The fourth-order valence-electron chi connectivity index (χ4n) is 1.42. The molecule has 0 aliphatic heterocycles. The van der Waals surface area contributed by atoms with Crippen molar-refractivity contribution in [2.75, 3.05) is 6.54 Å². The second-order valence-electron chi connectivity index (χ2n) is 3.40. The van der Waals surface area contributed by atoms with Crippen molar-refractivity contribution >= 4 is 5.69 Å². The van der Waals surface area contributed by atoms with Crippen LogP contribution in [0, 0.1) is 17.0 Å². The van der Waals surface area contributed by atoms with Crippen LogP contribution in [0.25, 0.3) is 0 Å². The van der Waals surface area contributed by atoms with Crippen LogP contribution in [0.5, 0.6) is 0 Å². The lowest BCUT2D eigenvalue weighted by molar-refractivity contribution is -0.385. The normalized spacial score (nSPS) is 12.5. The van der Waals surface area contributed by atoms with Gasteiger partial charge in [0.25, 0.3) is 5.69 Å². The van der Waals surface area contributed by atoms with Crippen LogP contribution in [0.1, 0.15) is 23.7 Å². The summed E-state index contributed by atoms with van der Waals surface area (Å²) in [5.41, 5.74) is 6.60. The zero-order valence-corrected chi connectivity index (χ0v) is 8.51. The summed E-state index contributed by atoms with van der Waals surface area (Å²) in [4.78, 5) is 10.1. The Morgan fingerprint density at radius 1 is 1.60 bits per heavy atom. The minimum Gasteiger partial charge on any atom is -0.388 e. The Labute approximate surface area is 87.7 Å². The highest BCUT2D eigenvalue weighted by Crippen LogP contribution is 2.23. The number of nitrogens with two attached hydrogens (primary N) is 1. The van der Waals surface area contributed by atoms with Crippen molar-refractivity contribution in [3.63, 3.8) is 0 Å². The maximum absolute atomic E-state index is 10.6. The van der Waals surface area contributed by atoms with E-state index in [9.17, 15) is 15.2 Å². The SMILES string of the molecule is Cc1cc([C@@H](O)CCN)ccc1[N+](=O)[O-]. The van der Waals surface area contributed by atoms with Crippen LogP contribution in [0.15, 0.2) is 18.2 Å². The standard InChI is InChI=1S/C10H14N2O3/c1-7-6-8(10(13)4-5-11)2-3-9(7)12(14)15/h2-3,6,10,13H,4-5,11H2,1H3/t10-/m0/s1. The van der Waals surface area contributed by atoms with Gasteiger partial charge in [0.1, 0.15) is 0 Å². The quantitative estimate of drug-likeness (QED) is 0.578. The number of nitro benzene ring substituents is 1. The van der Waals surface area contributed by atoms with Gasteiger partial charge in [0.2, 0.25) is 0 Å². The van der Waals surface area contributed by atoms with Crippen molar-refractivity contribution in [3.8, 4) is 0 Å². The van der Waals surface area contributed by atoms with Crippen molar-refractivity contribution in [1.29, 1.82) is 0 Å². The van der Waals surface area contributed by atoms with Crippen LogP contribution in [0.3, 0.4) is 0 Å². The van der Waals surface area contributed by atoms with E-state index in [0.29, 0.717) is 24.1 Å². The third kappa shape index (κ3) is 2.74. The number of nitro groups is 1. The van der Waals surface area contributed by atoms with Gasteiger partial charge in [-0.1, -0.05) is 0 Å². The number of rotatable bonds is 4. The zero-order valence-electron chi connectivity index (χ0n) is 8.51. The average molecular weight is 210 g/mol. The molecule has 0 saturated carbocycles. The van der Waals surface area contributed by atoms with Gasteiger partial charge < -0.3 is 10.8 Å². The van der Waals surface area contributed by atoms with Crippen LogP contribution in [0.2, 0.25) is 0 Å². The molecule has 82 valence electrons. The summed E-state index contributed by atoms with van der Waals surface area (Å²) in [6.07, 6.45) is -0.188. The van der Waals surface area contributed by atoms with Crippen LogP contribution in [-0.2, 0) is 0 Å². The molecule has 0 heterocycles. The van der Waals surface area contributed by atoms with Crippen molar-refractivity contribution in [2.45, 2.75) is 19.4 Å². The lowest BCUT2D eigenvalue weighted by atomic mass is 10.0. The Bertz CT molecular complexity index is 366. The number of hydrogen-bond donors (Lipinski definition) is 2. The number of nitrogens with zero attached hydrogens (tertiary/aromatic N) is 1. The van der Waals surface area contributed by atoms with Crippen molar-refractivity contribution in [3.05, 3.63) is 39.4 Å². The van der Waals surface area contributed by atoms with Gasteiger partial charge in [-0.2, -0.15) is 0 Å². The number of hydrogen-bond acceptors (Lipinski definition) is 4. The van der Waals surface area contributed by atoms with E-state index >= 15 is 0 Å². The van der Waals surface area contributed by atoms with E-state index in [1.807, 2.05) is 0 Å². The highest BCUT2D eigenvalue weighted by atomic mass is 16.6. The molecule has 0 unspecified atom stereocenters. The molecule has 5 nitrogen and oxygen atoms in total. The fraction of sp³-hybridized carbons (Fsp3) is 0.400. The Kier molecular flexibility index (Phi) is 3.76. The van der Waals surface area contributed by atoms with Gasteiger partial charge in [0.15, 0.2) is 0 Å². The molecule has 0 amide bonds. The molecule has 0 radical (unpaired) electrons. The van der Waals surface area contributed by atoms with Crippen molar-refractivity contribution < 1.29 is 10.0 Å². The molecular formula is C10H14N2O3. The summed E-state index contributed by atoms with van der Waals surface area (Å²) in [5, 5.41) is 20.2. The molecule has 0 aliphatic carbocycles. The third-order valence-electron chi connectivity index (χ3n) is 2.24. The second kappa shape index (κ2) is 4.86. The number of benzene rings is 1.